The lowest BCUT2D eigenvalue weighted by atomic mass is 10.1. The van der Waals surface area contributed by atoms with Crippen LogP contribution >= 0.6 is 11.6 Å². The first-order chi connectivity index (χ1) is 12.9. The van der Waals surface area contributed by atoms with E-state index in [0.29, 0.717) is 13.2 Å². The maximum Gasteiger partial charge on any atom is 0.119 e. The van der Waals surface area contributed by atoms with Gasteiger partial charge in [-0.3, -0.25) is 4.90 Å². The van der Waals surface area contributed by atoms with Gasteiger partial charge in [0.05, 0.1) is 0 Å². The fourth-order valence-electron chi connectivity index (χ4n) is 3.65. The second-order valence-electron chi connectivity index (χ2n) is 7.51. The third-order valence-electron chi connectivity index (χ3n) is 4.99. The van der Waals surface area contributed by atoms with Gasteiger partial charge in [-0.1, -0.05) is 23.7 Å². The number of rotatable bonds is 6. The van der Waals surface area contributed by atoms with E-state index < -0.39 is 6.10 Å². The quantitative estimate of drug-likeness (QED) is 0.815. The highest BCUT2D eigenvalue weighted by Crippen LogP contribution is 2.25. The normalized spacial score (nSPS) is 16.4. The molecule has 2 aromatic rings. The first kappa shape index (κ1) is 20.0. The monoisotopic (exact) mass is 388 g/mol. The molecular weight excluding hydrogens is 360 g/mol. The van der Waals surface area contributed by atoms with Gasteiger partial charge in [0, 0.05) is 43.4 Å². The number of aliphatic hydroxyl groups is 1. The molecule has 146 valence electrons. The van der Waals surface area contributed by atoms with Crippen LogP contribution in [-0.4, -0.2) is 55.4 Å². The zero-order valence-electron chi connectivity index (χ0n) is 16.4. The van der Waals surface area contributed by atoms with Crippen LogP contribution in [0, 0.1) is 20.8 Å². The predicted octanol–water partition coefficient (Wildman–Crippen LogP) is 3.83. The Bertz CT molecular complexity index is 753. The number of aliphatic hydroxyl groups excluding tert-OH is 1. The molecule has 0 spiro atoms. The lowest BCUT2D eigenvalue weighted by Crippen LogP contribution is -2.49. The smallest absolute Gasteiger partial charge is 0.119 e. The zero-order valence-corrected chi connectivity index (χ0v) is 17.2. The maximum atomic E-state index is 10.4. The summed E-state index contributed by atoms with van der Waals surface area (Å²) in [6.07, 6.45) is -0.495. The second-order valence-corrected chi connectivity index (χ2v) is 7.94. The fraction of sp³-hybridized carbons (Fsp3) is 0.455. The minimum Gasteiger partial charge on any atom is -0.491 e. The van der Waals surface area contributed by atoms with E-state index in [2.05, 4.69) is 42.7 Å². The van der Waals surface area contributed by atoms with E-state index in [1.165, 1.54) is 22.4 Å². The molecule has 0 aromatic heterocycles. The Balaban J connectivity index is 1.46. The molecule has 1 aliphatic rings. The number of benzene rings is 2. The van der Waals surface area contributed by atoms with Gasteiger partial charge in [-0.25, -0.2) is 0 Å². The first-order valence-electron chi connectivity index (χ1n) is 9.53. The van der Waals surface area contributed by atoms with Gasteiger partial charge in [0.15, 0.2) is 0 Å². The van der Waals surface area contributed by atoms with E-state index in [9.17, 15) is 5.11 Å². The Morgan fingerprint density at radius 2 is 1.67 bits per heavy atom. The molecule has 5 heteroatoms. The van der Waals surface area contributed by atoms with Crippen molar-refractivity contribution in [1.82, 2.24) is 4.90 Å². The molecule has 27 heavy (non-hydrogen) atoms. The fourth-order valence-corrected chi connectivity index (χ4v) is 3.82. The standard InChI is InChI=1S/C22H29ClN2O2/c1-16-10-17(2)12-21(11-16)27-15-20(26)14-24-6-8-25(9-7-24)22-13-19(23)5-4-18(22)3/h4-5,10-13,20,26H,6-9,14-15H2,1-3H3/t20-/m1/s1. The summed E-state index contributed by atoms with van der Waals surface area (Å²) in [4.78, 5) is 4.67. The van der Waals surface area contributed by atoms with Crippen molar-refractivity contribution in [3.8, 4) is 5.75 Å². The molecule has 1 atom stereocenters. The maximum absolute atomic E-state index is 10.4. The summed E-state index contributed by atoms with van der Waals surface area (Å²) >= 11 is 6.15. The molecule has 1 N–H and O–H groups in total. The topological polar surface area (TPSA) is 35.9 Å². The van der Waals surface area contributed by atoms with E-state index in [4.69, 9.17) is 16.3 Å². The van der Waals surface area contributed by atoms with E-state index >= 15 is 0 Å². The Morgan fingerprint density at radius 1 is 1.00 bits per heavy atom. The van der Waals surface area contributed by atoms with Gasteiger partial charge < -0.3 is 14.7 Å². The van der Waals surface area contributed by atoms with Crippen molar-refractivity contribution in [2.24, 2.45) is 0 Å². The molecule has 0 saturated carbocycles. The largest absolute Gasteiger partial charge is 0.491 e. The number of hydrogen-bond donors (Lipinski definition) is 1. The summed E-state index contributed by atoms with van der Waals surface area (Å²) in [6, 6.07) is 12.2. The molecular formula is C22H29ClN2O2. The Hall–Kier alpha value is -1.75. The van der Waals surface area contributed by atoms with Gasteiger partial charge in [-0.05, 0) is 61.7 Å². The zero-order chi connectivity index (χ0) is 19.4. The minimum atomic E-state index is -0.495. The highest BCUT2D eigenvalue weighted by molar-refractivity contribution is 6.30. The summed E-state index contributed by atoms with van der Waals surface area (Å²) in [5, 5.41) is 11.1. The molecule has 0 radical (unpaired) electrons. The van der Waals surface area contributed by atoms with Crippen LogP contribution in [0.4, 0.5) is 5.69 Å². The summed E-state index contributed by atoms with van der Waals surface area (Å²) < 4.78 is 5.79. The molecule has 0 unspecified atom stereocenters. The highest BCUT2D eigenvalue weighted by atomic mass is 35.5. The summed E-state index contributed by atoms with van der Waals surface area (Å²) in [6.45, 7) is 10.9. The number of anilines is 1. The van der Waals surface area contributed by atoms with Crippen molar-refractivity contribution in [3.63, 3.8) is 0 Å². The van der Waals surface area contributed by atoms with Crippen molar-refractivity contribution in [2.45, 2.75) is 26.9 Å². The van der Waals surface area contributed by atoms with Crippen LogP contribution in [0.15, 0.2) is 36.4 Å². The molecule has 1 fully saturated rings. The number of β-amino-alcohol motifs (C(OH)–C–C–N with tert-alkyl or cyclic N) is 1. The number of hydrogen-bond acceptors (Lipinski definition) is 4. The number of ether oxygens (including phenoxy) is 1. The van der Waals surface area contributed by atoms with Crippen molar-refractivity contribution in [1.29, 1.82) is 0 Å². The van der Waals surface area contributed by atoms with Crippen molar-refractivity contribution in [3.05, 3.63) is 58.1 Å². The summed E-state index contributed by atoms with van der Waals surface area (Å²) in [7, 11) is 0. The van der Waals surface area contributed by atoms with Gasteiger partial charge in [-0.2, -0.15) is 0 Å². The molecule has 1 saturated heterocycles. The van der Waals surface area contributed by atoms with E-state index in [1.54, 1.807) is 0 Å². The van der Waals surface area contributed by atoms with Gasteiger partial charge in [0.2, 0.25) is 0 Å². The number of nitrogens with zero attached hydrogens (tertiary/aromatic N) is 2. The molecule has 3 rings (SSSR count). The number of piperazine rings is 1. The SMILES string of the molecule is Cc1cc(C)cc(OC[C@H](O)CN2CCN(c3cc(Cl)ccc3C)CC2)c1. The lowest BCUT2D eigenvalue weighted by molar-refractivity contribution is 0.0662. The van der Waals surface area contributed by atoms with Gasteiger partial charge in [-0.15, -0.1) is 0 Å². The van der Waals surface area contributed by atoms with Crippen molar-refractivity contribution >= 4 is 17.3 Å². The minimum absolute atomic E-state index is 0.316. The summed E-state index contributed by atoms with van der Waals surface area (Å²) in [5.41, 5.74) is 4.80. The molecule has 1 aliphatic heterocycles. The predicted molar refractivity (Wildman–Crippen MR) is 112 cm³/mol. The van der Waals surface area contributed by atoms with E-state index in [-0.39, 0.29) is 0 Å². The Kier molecular flexibility index (Phi) is 6.64. The molecule has 0 aliphatic carbocycles. The first-order valence-corrected chi connectivity index (χ1v) is 9.91. The molecule has 1 heterocycles. The third-order valence-corrected chi connectivity index (χ3v) is 5.23. The highest BCUT2D eigenvalue weighted by Gasteiger charge is 2.21. The van der Waals surface area contributed by atoms with Crippen LogP contribution in [-0.2, 0) is 0 Å². The Morgan fingerprint density at radius 3 is 2.33 bits per heavy atom. The van der Waals surface area contributed by atoms with Crippen LogP contribution in [0.5, 0.6) is 5.75 Å². The Labute approximate surface area is 167 Å². The van der Waals surface area contributed by atoms with Gasteiger partial charge in [0.25, 0.3) is 0 Å². The third kappa shape index (κ3) is 5.61. The van der Waals surface area contributed by atoms with E-state index in [0.717, 1.165) is 37.0 Å². The molecule has 0 amide bonds. The van der Waals surface area contributed by atoms with Gasteiger partial charge in [0.1, 0.15) is 18.5 Å². The summed E-state index contributed by atoms with van der Waals surface area (Å²) in [5.74, 6) is 0.827. The van der Waals surface area contributed by atoms with Crippen LogP contribution in [0.25, 0.3) is 0 Å². The van der Waals surface area contributed by atoms with Crippen LogP contribution in [0.1, 0.15) is 16.7 Å². The van der Waals surface area contributed by atoms with Crippen molar-refractivity contribution in [2.75, 3.05) is 44.2 Å². The molecule has 0 bridgehead atoms. The van der Waals surface area contributed by atoms with E-state index in [1.807, 2.05) is 24.3 Å². The van der Waals surface area contributed by atoms with Crippen molar-refractivity contribution < 1.29 is 9.84 Å². The average molecular weight is 389 g/mol. The average Bonchev–Trinajstić information content (AvgIpc) is 2.62. The van der Waals surface area contributed by atoms with Crippen LogP contribution in [0.3, 0.4) is 0 Å². The second kappa shape index (κ2) is 8.96. The van der Waals surface area contributed by atoms with Crippen LogP contribution in [0.2, 0.25) is 5.02 Å². The lowest BCUT2D eigenvalue weighted by Gasteiger charge is -2.37. The van der Waals surface area contributed by atoms with Crippen LogP contribution < -0.4 is 9.64 Å². The van der Waals surface area contributed by atoms with Gasteiger partial charge >= 0.3 is 0 Å². The number of aryl methyl sites for hydroxylation is 3. The number of halogens is 1. The molecule has 4 nitrogen and oxygen atoms in total. The molecule has 2 aromatic carbocycles.